The number of ketones is 1. The first-order valence-electron chi connectivity index (χ1n) is 7.85. The summed E-state index contributed by atoms with van der Waals surface area (Å²) >= 11 is 5.26. The van der Waals surface area contributed by atoms with Crippen LogP contribution in [0, 0.1) is 0 Å². The molecule has 0 amide bonds. The summed E-state index contributed by atoms with van der Waals surface area (Å²) in [4.78, 5) is 35.0. The van der Waals surface area contributed by atoms with Crippen LogP contribution in [0.15, 0.2) is 42.5 Å². The zero-order valence-corrected chi connectivity index (χ0v) is 15.8. The molecule has 2 aromatic carbocycles. The Morgan fingerprint density at radius 1 is 0.852 bits per heavy atom. The molecule has 0 aliphatic rings. The monoisotopic (exact) mass is 386 g/mol. The van der Waals surface area contributed by atoms with Crippen molar-refractivity contribution in [1.82, 2.24) is 0 Å². The molecule has 2 N–H and O–H groups in total. The summed E-state index contributed by atoms with van der Waals surface area (Å²) < 4.78 is 9.44. The molecule has 140 valence electrons. The quantitative estimate of drug-likeness (QED) is 0.459. The van der Waals surface area contributed by atoms with Crippen LogP contribution in [0.1, 0.15) is 38.0 Å². The normalized spacial score (nSPS) is 9.89. The summed E-state index contributed by atoms with van der Waals surface area (Å²) in [5, 5.41) is 6.01. The van der Waals surface area contributed by atoms with Gasteiger partial charge in [-0.2, -0.15) is 0 Å². The van der Waals surface area contributed by atoms with Gasteiger partial charge < -0.3 is 20.1 Å². The van der Waals surface area contributed by atoms with Gasteiger partial charge in [-0.3, -0.25) is 4.79 Å². The molecule has 0 aromatic heterocycles. The molecule has 8 heteroatoms. The first kappa shape index (κ1) is 20.1. The molecule has 2 aromatic rings. The maximum absolute atomic E-state index is 12.0. The average Bonchev–Trinajstić information content (AvgIpc) is 2.67. The highest BCUT2D eigenvalue weighted by molar-refractivity contribution is 7.80. The minimum Gasteiger partial charge on any atom is -0.465 e. The number of benzene rings is 2. The lowest BCUT2D eigenvalue weighted by atomic mass is 10.1. The van der Waals surface area contributed by atoms with Crippen molar-refractivity contribution in [3.8, 4) is 0 Å². The van der Waals surface area contributed by atoms with E-state index in [0.717, 1.165) is 0 Å². The first-order chi connectivity index (χ1) is 12.8. The molecule has 0 heterocycles. The van der Waals surface area contributed by atoms with Crippen LogP contribution >= 0.6 is 12.2 Å². The van der Waals surface area contributed by atoms with Gasteiger partial charge in [0.1, 0.15) is 0 Å². The number of carbonyl (C=O) groups is 3. The Bertz CT molecular complexity index is 893. The van der Waals surface area contributed by atoms with Gasteiger partial charge in [0.05, 0.1) is 31.0 Å². The van der Waals surface area contributed by atoms with Crippen LogP contribution in [0.4, 0.5) is 11.4 Å². The summed E-state index contributed by atoms with van der Waals surface area (Å²) in [6, 6.07) is 11.1. The van der Waals surface area contributed by atoms with E-state index >= 15 is 0 Å². The molecule has 0 saturated heterocycles. The average molecular weight is 386 g/mol. The zero-order valence-electron chi connectivity index (χ0n) is 15.0. The number of esters is 2. The van der Waals surface area contributed by atoms with Crippen LogP contribution in [-0.4, -0.2) is 37.1 Å². The van der Waals surface area contributed by atoms with Crippen molar-refractivity contribution in [3.63, 3.8) is 0 Å². The topological polar surface area (TPSA) is 93.7 Å². The lowest BCUT2D eigenvalue weighted by molar-refractivity contribution is 0.0587. The smallest absolute Gasteiger partial charge is 0.339 e. The molecule has 7 nitrogen and oxygen atoms in total. The van der Waals surface area contributed by atoms with Gasteiger partial charge in [-0.1, -0.05) is 0 Å². The number of hydrogen-bond acceptors (Lipinski definition) is 6. The minimum absolute atomic E-state index is 0.0374. The molecular weight excluding hydrogens is 368 g/mol. The molecule has 0 aliphatic heterocycles. The summed E-state index contributed by atoms with van der Waals surface area (Å²) in [6.07, 6.45) is 0. The summed E-state index contributed by atoms with van der Waals surface area (Å²) in [5.74, 6) is -1.17. The standard InChI is InChI=1S/C19H18N2O5S/c1-11(22)12-4-7-14(8-5-12)20-19(27)21-16-10-13(17(23)25-2)6-9-15(16)18(24)26-3/h4-10H,1-3H3,(H2,20,21,27). The van der Waals surface area contributed by atoms with Gasteiger partial charge in [-0.25, -0.2) is 9.59 Å². The molecule has 0 fully saturated rings. The van der Waals surface area contributed by atoms with Gasteiger partial charge in [0.25, 0.3) is 0 Å². The SMILES string of the molecule is COC(=O)c1ccc(C(=O)OC)c(NC(=S)Nc2ccc(C(C)=O)cc2)c1. The van der Waals surface area contributed by atoms with Gasteiger partial charge in [0, 0.05) is 11.3 Å². The number of ether oxygens (including phenoxy) is 2. The summed E-state index contributed by atoms with van der Waals surface area (Å²) in [7, 11) is 2.52. The van der Waals surface area contributed by atoms with E-state index in [2.05, 4.69) is 10.6 Å². The van der Waals surface area contributed by atoms with E-state index in [0.29, 0.717) is 16.9 Å². The van der Waals surface area contributed by atoms with E-state index in [1.54, 1.807) is 24.3 Å². The highest BCUT2D eigenvalue weighted by atomic mass is 32.1. The van der Waals surface area contributed by atoms with Crippen LogP contribution < -0.4 is 10.6 Å². The van der Waals surface area contributed by atoms with Gasteiger partial charge in [0.15, 0.2) is 10.9 Å². The highest BCUT2D eigenvalue weighted by Gasteiger charge is 2.16. The molecule has 0 bridgehead atoms. The number of anilines is 2. The third-order valence-electron chi connectivity index (χ3n) is 3.64. The predicted octanol–water partition coefficient (Wildman–Crippen LogP) is 3.27. The molecule has 0 saturated carbocycles. The Morgan fingerprint density at radius 3 is 2.00 bits per heavy atom. The fourth-order valence-electron chi connectivity index (χ4n) is 2.25. The number of rotatable bonds is 5. The Morgan fingerprint density at radius 2 is 1.44 bits per heavy atom. The Kier molecular flexibility index (Phi) is 6.62. The fraction of sp³-hybridized carbons (Fsp3) is 0.158. The number of carbonyl (C=O) groups excluding carboxylic acids is 3. The van der Waals surface area contributed by atoms with Gasteiger partial charge in [0.2, 0.25) is 0 Å². The molecule has 0 radical (unpaired) electrons. The second-order valence-electron chi connectivity index (χ2n) is 5.46. The Labute approximate surface area is 161 Å². The third-order valence-corrected chi connectivity index (χ3v) is 3.85. The Hall–Kier alpha value is -3.26. The van der Waals surface area contributed by atoms with Crippen LogP contribution in [0.25, 0.3) is 0 Å². The summed E-state index contributed by atoms with van der Waals surface area (Å²) in [5.41, 5.74) is 1.99. The van der Waals surface area contributed by atoms with Crippen molar-refractivity contribution in [2.24, 2.45) is 0 Å². The van der Waals surface area contributed by atoms with Crippen LogP contribution in [0.5, 0.6) is 0 Å². The maximum Gasteiger partial charge on any atom is 0.339 e. The largest absolute Gasteiger partial charge is 0.465 e. The number of methoxy groups -OCH3 is 2. The third kappa shape index (κ3) is 5.11. The van der Waals surface area contributed by atoms with Gasteiger partial charge >= 0.3 is 11.9 Å². The molecule has 0 unspecified atom stereocenters. The van der Waals surface area contributed by atoms with E-state index in [-0.39, 0.29) is 22.0 Å². The number of Topliss-reactive ketones (excluding diaryl/α,β-unsaturated/α-hetero) is 1. The molecule has 0 spiro atoms. The lowest BCUT2D eigenvalue weighted by Crippen LogP contribution is -2.21. The number of nitrogens with one attached hydrogen (secondary N) is 2. The zero-order chi connectivity index (χ0) is 20.0. The van der Waals surface area contributed by atoms with Crippen molar-refractivity contribution in [3.05, 3.63) is 59.2 Å². The van der Waals surface area contributed by atoms with Crippen molar-refractivity contribution in [2.75, 3.05) is 24.9 Å². The number of hydrogen-bond donors (Lipinski definition) is 2. The van der Waals surface area contributed by atoms with Crippen molar-refractivity contribution in [1.29, 1.82) is 0 Å². The summed E-state index contributed by atoms with van der Waals surface area (Å²) in [6.45, 7) is 1.48. The van der Waals surface area contributed by atoms with E-state index in [4.69, 9.17) is 21.7 Å². The van der Waals surface area contributed by atoms with Crippen LogP contribution in [0.3, 0.4) is 0 Å². The Balaban J connectivity index is 2.22. The van der Waals surface area contributed by atoms with E-state index in [1.807, 2.05) is 0 Å². The van der Waals surface area contributed by atoms with Gasteiger partial charge in [-0.15, -0.1) is 0 Å². The lowest BCUT2D eigenvalue weighted by Gasteiger charge is -2.14. The van der Waals surface area contributed by atoms with Crippen molar-refractivity contribution in [2.45, 2.75) is 6.92 Å². The van der Waals surface area contributed by atoms with Gasteiger partial charge in [-0.05, 0) is 61.6 Å². The van der Waals surface area contributed by atoms with E-state index in [9.17, 15) is 14.4 Å². The molecule has 2 rings (SSSR count). The minimum atomic E-state index is -0.581. The molecule has 0 atom stereocenters. The fourth-order valence-corrected chi connectivity index (χ4v) is 2.48. The maximum atomic E-state index is 12.0. The number of thiocarbonyl (C=S) groups is 1. The van der Waals surface area contributed by atoms with E-state index in [1.165, 1.54) is 39.3 Å². The predicted molar refractivity (Wildman–Crippen MR) is 105 cm³/mol. The second kappa shape index (κ2) is 8.91. The molecular formula is C19H18N2O5S. The molecule has 27 heavy (non-hydrogen) atoms. The second-order valence-corrected chi connectivity index (χ2v) is 5.86. The van der Waals surface area contributed by atoms with Crippen molar-refractivity contribution >= 4 is 46.4 Å². The van der Waals surface area contributed by atoms with Crippen molar-refractivity contribution < 1.29 is 23.9 Å². The molecule has 0 aliphatic carbocycles. The van der Waals surface area contributed by atoms with E-state index < -0.39 is 11.9 Å². The first-order valence-corrected chi connectivity index (χ1v) is 8.26. The van der Waals surface area contributed by atoms with Crippen LogP contribution in [-0.2, 0) is 9.47 Å². The van der Waals surface area contributed by atoms with Crippen LogP contribution in [0.2, 0.25) is 0 Å². The highest BCUT2D eigenvalue weighted by Crippen LogP contribution is 2.20.